The summed E-state index contributed by atoms with van der Waals surface area (Å²) in [6.45, 7) is 2.41. The molecule has 4 rings (SSSR count). The van der Waals surface area contributed by atoms with Crippen molar-refractivity contribution in [3.8, 4) is 0 Å². The highest BCUT2D eigenvalue weighted by Gasteiger charge is 2.57. The van der Waals surface area contributed by atoms with Crippen LogP contribution in [0, 0.1) is 35.0 Å². The normalized spacial score (nSPS) is 44.0. The molecule has 0 amide bonds. The second kappa shape index (κ2) is 8.45. The van der Waals surface area contributed by atoms with Gasteiger partial charge in [-0.25, -0.2) is 0 Å². The lowest BCUT2D eigenvalue weighted by molar-refractivity contribution is -0.126. The van der Waals surface area contributed by atoms with E-state index in [4.69, 9.17) is 0 Å². The number of aliphatic hydroxyl groups excluding tert-OH is 1. The molecule has 4 aliphatic rings. The summed E-state index contributed by atoms with van der Waals surface area (Å²) in [6.07, 6.45) is 11.5. The first-order valence-corrected chi connectivity index (χ1v) is 11.4. The Bertz CT molecular complexity index is 546. The molecule has 0 aromatic heterocycles. The zero-order valence-corrected chi connectivity index (χ0v) is 18.1. The van der Waals surface area contributed by atoms with Gasteiger partial charge in [-0.3, -0.25) is 4.79 Å². The SMILES string of the molecule is CC12CCC3C4CCC(O)CC4=CCC3C1CCC2C(=O)CBr.COC. The van der Waals surface area contributed by atoms with Crippen molar-refractivity contribution in [3.05, 3.63) is 11.6 Å². The molecule has 7 unspecified atom stereocenters. The van der Waals surface area contributed by atoms with Crippen LogP contribution in [-0.4, -0.2) is 36.5 Å². The number of halogens is 1. The van der Waals surface area contributed by atoms with Crippen molar-refractivity contribution in [1.82, 2.24) is 0 Å². The first-order chi connectivity index (χ1) is 12.5. The van der Waals surface area contributed by atoms with Crippen molar-refractivity contribution in [2.24, 2.45) is 35.0 Å². The third-order valence-electron chi connectivity index (χ3n) is 7.94. The van der Waals surface area contributed by atoms with Gasteiger partial charge >= 0.3 is 0 Å². The number of ketones is 1. The van der Waals surface area contributed by atoms with E-state index in [-0.39, 0.29) is 17.4 Å². The molecule has 4 aliphatic carbocycles. The number of alkyl halides is 1. The molecule has 0 aromatic rings. The highest BCUT2D eigenvalue weighted by Crippen LogP contribution is 2.63. The lowest BCUT2D eigenvalue weighted by Crippen LogP contribution is -2.47. The fourth-order valence-electron chi connectivity index (χ4n) is 6.87. The zero-order chi connectivity index (χ0) is 18.9. The molecule has 0 aliphatic heterocycles. The average Bonchev–Trinajstić information content (AvgIpc) is 2.98. The Kier molecular flexibility index (Phi) is 6.67. The fourth-order valence-corrected chi connectivity index (χ4v) is 7.26. The smallest absolute Gasteiger partial charge is 0.147 e. The molecule has 3 fully saturated rings. The number of carbonyl (C=O) groups is 1. The van der Waals surface area contributed by atoms with Crippen molar-refractivity contribution in [1.29, 1.82) is 0 Å². The predicted octanol–water partition coefficient (Wildman–Crippen LogP) is 4.76. The van der Waals surface area contributed by atoms with Gasteiger partial charge in [-0.2, -0.15) is 0 Å². The number of aliphatic hydroxyl groups is 1. The van der Waals surface area contributed by atoms with Gasteiger partial charge in [0, 0.05) is 20.1 Å². The van der Waals surface area contributed by atoms with E-state index in [1.807, 2.05) is 0 Å². The molecule has 0 saturated heterocycles. The van der Waals surface area contributed by atoms with Crippen LogP contribution >= 0.6 is 15.9 Å². The van der Waals surface area contributed by atoms with Crippen molar-refractivity contribution in [2.45, 2.75) is 64.4 Å². The molecule has 3 saturated carbocycles. The molecular weight excluding hydrogens is 392 g/mol. The van der Waals surface area contributed by atoms with Crippen molar-refractivity contribution >= 4 is 21.7 Å². The van der Waals surface area contributed by atoms with Crippen LogP contribution in [0.2, 0.25) is 0 Å². The van der Waals surface area contributed by atoms with Crippen LogP contribution in [-0.2, 0) is 9.53 Å². The minimum Gasteiger partial charge on any atom is -0.393 e. The molecular formula is C22H35BrO3. The Morgan fingerprint density at radius 2 is 1.96 bits per heavy atom. The molecule has 26 heavy (non-hydrogen) atoms. The second-order valence-electron chi connectivity index (χ2n) is 9.17. The van der Waals surface area contributed by atoms with E-state index in [9.17, 15) is 9.90 Å². The summed E-state index contributed by atoms with van der Waals surface area (Å²) in [7, 11) is 3.25. The Hall–Kier alpha value is -0.190. The summed E-state index contributed by atoms with van der Waals surface area (Å²) in [5.74, 6) is 3.78. The van der Waals surface area contributed by atoms with Crippen molar-refractivity contribution in [3.63, 3.8) is 0 Å². The highest BCUT2D eigenvalue weighted by molar-refractivity contribution is 9.09. The molecule has 0 radical (unpaired) electrons. The molecule has 148 valence electrons. The molecule has 0 spiro atoms. The van der Waals surface area contributed by atoms with Gasteiger partial charge in [0.25, 0.3) is 0 Å². The molecule has 0 heterocycles. The largest absolute Gasteiger partial charge is 0.393 e. The van der Waals surface area contributed by atoms with Crippen LogP contribution in [0.15, 0.2) is 11.6 Å². The quantitative estimate of drug-likeness (QED) is 0.511. The average molecular weight is 427 g/mol. The number of methoxy groups -OCH3 is 1. The minimum atomic E-state index is -0.102. The van der Waals surface area contributed by atoms with E-state index >= 15 is 0 Å². The number of fused-ring (bicyclic) bond motifs is 5. The number of Topliss-reactive ketones (excluding diaryl/α,β-unsaturated/α-hetero) is 1. The topological polar surface area (TPSA) is 46.5 Å². The maximum Gasteiger partial charge on any atom is 0.147 e. The third kappa shape index (κ3) is 3.58. The predicted molar refractivity (Wildman–Crippen MR) is 108 cm³/mol. The van der Waals surface area contributed by atoms with Gasteiger partial charge in [0.1, 0.15) is 5.78 Å². The van der Waals surface area contributed by atoms with Gasteiger partial charge < -0.3 is 9.84 Å². The number of hydrogen-bond acceptors (Lipinski definition) is 3. The summed E-state index contributed by atoms with van der Waals surface area (Å²) >= 11 is 3.40. The van der Waals surface area contributed by atoms with Crippen LogP contribution in [0.3, 0.4) is 0 Å². The first-order valence-electron chi connectivity index (χ1n) is 10.3. The Morgan fingerprint density at radius 1 is 1.23 bits per heavy atom. The van der Waals surface area contributed by atoms with E-state index in [2.05, 4.69) is 33.7 Å². The van der Waals surface area contributed by atoms with Crippen LogP contribution in [0.5, 0.6) is 0 Å². The standard InChI is InChI=1S/C20H29BrO2.C2H6O/c1-20-9-8-15-14-5-3-13(22)10-12(14)2-4-16(15)17(20)6-7-18(20)19(23)11-21;1-3-2/h2,13-18,22H,3-11H2,1H3;1-2H3. The van der Waals surface area contributed by atoms with Gasteiger partial charge in [0.15, 0.2) is 0 Å². The van der Waals surface area contributed by atoms with Gasteiger partial charge in [0.2, 0.25) is 0 Å². The van der Waals surface area contributed by atoms with Gasteiger partial charge in [0.05, 0.1) is 11.4 Å². The maximum absolute atomic E-state index is 12.4. The maximum atomic E-state index is 12.4. The molecule has 0 aromatic carbocycles. The zero-order valence-electron chi connectivity index (χ0n) is 16.5. The molecule has 3 nitrogen and oxygen atoms in total. The lowest BCUT2D eigenvalue weighted by Gasteiger charge is -2.53. The number of carbonyl (C=O) groups excluding carboxylic acids is 1. The molecule has 0 bridgehead atoms. The number of rotatable bonds is 2. The summed E-state index contributed by atoms with van der Waals surface area (Å²) in [4.78, 5) is 12.4. The summed E-state index contributed by atoms with van der Waals surface area (Å²) in [5, 5.41) is 10.5. The second-order valence-corrected chi connectivity index (χ2v) is 9.73. The minimum absolute atomic E-state index is 0.102. The van der Waals surface area contributed by atoms with Gasteiger partial charge in [-0.1, -0.05) is 34.5 Å². The van der Waals surface area contributed by atoms with E-state index in [0.29, 0.717) is 11.1 Å². The first kappa shape index (κ1) is 20.5. The van der Waals surface area contributed by atoms with Crippen molar-refractivity contribution < 1.29 is 14.6 Å². The van der Waals surface area contributed by atoms with E-state index in [1.165, 1.54) is 32.1 Å². The molecule has 1 N–H and O–H groups in total. The summed E-state index contributed by atoms with van der Waals surface area (Å²) in [6, 6.07) is 0. The summed E-state index contributed by atoms with van der Waals surface area (Å²) in [5.41, 5.74) is 1.80. The van der Waals surface area contributed by atoms with Crippen LogP contribution in [0.1, 0.15) is 58.3 Å². The Labute approximate surface area is 167 Å². The van der Waals surface area contributed by atoms with Crippen LogP contribution in [0.4, 0.5) is 0 Å². The molecule has 4 heteroatoms. The van der Waals surface area contributed by atoms with Crippen molar-refractivity contribution in [2.75, 3.05) is 19.5 Å². The Morgan fingerprint density at radius 3 is 2.65 bits per heavy atom. The van der Waals surface area contributed by atoms with E-state index in [1.54, 1.807) is 19.8 Å². The summed E-state index contributed by atoms with van der Waals surface area (Å²) < 4.78 is 4.25. The fraction of sp³-hybridized carbons (Fsp3) is 0.864. The van der Waals surface area contributed by atoms with Crippen LogP contribution < -0.4 is 0 Å². The number of hydrogen-bond donors (Lipinski definition) is 1. The number of ether oxygens (including phenoxy) is 1. The lowest BCUT2D eigenvalue weighted by atomic mass is 9.51. The third-order valence-corrected chi connectivity index (χ3v) is 8.49. The van der Waals surface area contributed by atoms with Crippen LogP contribution in [0.25, 0.3) is 0 Å². The number of allylic oxidation sites excluding steroid dienone is 1. The van der Waals surface area contributed by atoms with E-state index < -0.39 is 0 Å². The highest BCUT2D eigenvalue weighted by atomic mass is 79.9. The Balaban J connectivity index is 0.000000613. The monoisotopic (exact) mass is 426 g/mol. The molecule has 7 atom stereocenters. The van der Waals surface area contributed by atoms with Gasteiger partial charge in [-0.05, 0) is 80.5 Å². The van der Waals surface area contributed by atoms with Gasteiger partial charge in [-0.15, -0.1) is 0 Å². The van der Waals surface area contributed by atoms with E-state index in [0.717, 1.165) is 42.9 Å².